The number of para-hydroxylation sites is 1. The molecule has 1 aliphatic rings. The van der Waals surface area contributed by atoms with Crippen molar-refractivity contribution in [2.24, 2.45) is 0 Å². The molecule has 1 aliphatic heterocycles. The average Bonchev–Trinajstić information content (AvgIpc) is 2.84. The van der Waals surface area contributed by atoms with Gasteiger partial charge in [-0.15, -0.1) is 0 Å². The Hall–Kier alpha value is -3.60. The number of amides is 1. The van der Waals surface area contributed by atoms with Crippen molar-refractivity contribution < 1.29 is 9.18 Å². The minimum Gasteiger partial charge on any atom is -0.338 e. The van der Waals surface area contributed by atoms with E-state index in [1.165, 1.54) is 12.1 Å². The maximum atomic E-state index is 13.3. The maximum Gasteiger partial charge on any atom is 0.255 e. The Bertz CT molecular complexity index is 1240. The van der Waals surface area contributed by atoms with E-state index in [2.05, 4.69) is 4.98 Å². The van der Waals surface area contributed by atoms with Crippen LogP contribution in [0.3, 0.4) is 0 Å². The third-order valence-corrected chi connectivity index (χ3v) is 5.87. The van der Waals surface area contributed by atoms with Crippen LogP contribution < -0.4 is 0 Å². The van der Waals surface area contributed by atoms with Gasteiger partial charge >= 0.3 is 0 Å². The van der Waals surface area contributed by atoms with Crippen molar-refractivity contribution in [3.63, 3.8) is 0 Å². The molecular formula is C26H22FN3O. The first-order valence-corrected chi connectivity index (χ1v) is 10.5. The molecule has 0 unspecified atom stereocenters. The first kappa shape index (κ1) is 19.4. The number of hydrogen-bond acceptors (Lipinski definition) is 3. The van der Waals surface area contributed by atoms with Gasteiger partial charge in [-0.25, -0.2) is 4.39 Å². The molecule has 0 bridgehead atoms. The zero-order valence-electron chi connectivity index (χ0n) is 17.0. The second kappa shape index (κ2) is 8.26. The highest BCUT2D eigenvalue weighted by molar-refractivity contribution is 5.97. The van der Waals surface area contributed by atoms with Crippen LogP contribution in [0.4, 0.5) is 4.39 Å². The molecular weight excluding hydrogens is 389 g/mol. The molecule has 2 aromatic heterocycles. The summed E-state index contributed by atoms with van der Waals surface area (Å²) in [6, 6.07) is 22.0. The molecule has 4 aromatic rings. The summed E-state index contributed by atoms with van der Waals surface area (Å²) in [6.07, 6.45) is 3.58. The molecule has 1 atom stereocenters. The zero-order valence-corrected chi connectivity index (χ0v) is 17.0. The highest BCUT2D eigenvalue weighted by Crippen LogP contribution is 2.29. The molecule has 5 heteroatoms. The van der Waals surface area contributed by atoms with Gasteiger partial charge in [0, 0.05) is 41.8 Å². The number of carbonyl (C=O) groups excluding carboxylic acids is 1. The molecule has 0 radical (unpaired) electrons. The van der Waals surface area contributed by atoms with Gasteiger partial charge in [-0.1, -0.05) is 24.3 Å². The molecule has 154 valence electrons. The van der Waals surface area contributed by atoms with E-state index in [9.17, 15) is 9.18 Å². The Kier molecular flexibility index (Phi) is 5.16. The van der Waals surface area contributed by atoms with Crippen LogP contribution in [0.5, 0.6) is 0 Å². The van der Waals surface area contributed by atoms with E-state index in [1.54, 1.807) is 18.3 Å². The molecule has 31 heavy (non-hydrogen) atoms. The number of piperidine rings is 1. The molecule has 3 heterocycles. The van der Waals surface area contributed by atoms with Crippen molar-refractivity contribution >= 4 is 16.8 Å². The van der Waals surface area contributed by atoms with Gasteiger partial charge in [0.05, 0.1) is 16.8 Å². The maximum absolute atomic E-state index is 13.3. The van der Waals surface area contributed by atoms with Gasteiger partial charge in [0.1, 0.15) is 5.82 Å². The largest absolute Gasteiger partial charge is 0.338 e. The fourth-order valence-electron chi connectivity index (χ4n) is 4.23. The van der Waals surface area contributed by atoms with E-state index in [1.807, 2.05) is 53.4 Å². The minimum absolute atomic E-state index is 0.0117. The van der Waals surface area contributed by atoms with Crippen LogP contribution in [0.1, 0.15) is 34.8 Å². The molecule has 0 spiro atoms. The van der Waals surface area contributed by atoms with Gasteiger partial charge in [-0.05, 0) is 61.4 Å². The second-order valence-corrected chi connectivity index (χ2v) is 7.96. The number of hydrogen-bond donors (Lipinski definition) is 0. The highest BCUT2D eigenvalue weighted by Gasteiger charge is 2.26. The van der Waals surface area contributed by atoms with Gasteiger partial charge < -0.3 is 4.90 Å². The van der Waals surface area contributed by atoms with E-state index in [0.29, 0.717) is 12.1 Å². The minimum atomic E-state index is -0.260. The molecule has 1 amide bonds. The summed E-state index contributed by atoms with van der Waals surface area (Å²) in [5.74, 6) is -0.0753. The SMILES string of the molecule is O=C(c1cnc2ccccc2c1)N1CCC[C@@H](c2cccc(-c3ccc(F)cc3)n2)C1. The molecule has 4 nitrogen and oxygen atoms in total. The molecule has 5 rings (SSSR count). The molecule has 2 aromatic carbocycles. The lowest BCUT2D eigenvalue weighted by atomic mass is 9.93. The van der Waals surface area contributed by atoms with Crippen molar-refractivity contribution in [3.8, 4) is 11.3 Å². The zero-order chi connectivity index (χ0) is 21.2. The van der Waals surface area contributed by atoms with E-state index >= 15 is 0 Å². The number of nitrogens with zero attached hydrogens (tertiary/aromatic N) is 3. The van der Waals surface area contributed by atoms with Gasteiger partial charge in [-0.2, -0.15) is 0 Å². The second-order valence-electron chi connectivity index (χ2n) is 7.96. The highest BCUT2D eigenvalue weighted by atomic mass is 19.1. The van der Waals surface area contributed by atoms with Crippen LogP contribution in [0.25, 0.3) is 22.2 Å². The van der Waals surface area contributed by atoms with Crippen LogP contribution in [-0.2, 0) is 0 Å². The van der Waals surface area contributed by atoms with Crippen molar-refractivity contribution in [3.05, 3.63) is 96.1 Å². The number of pyridine rings is 2. The Morgan fingerprint density at radius 3 is 2.71 bits per heavy atom. The van der Waals surface area contributed by atoms with Crippen molar-refractivity contribution in [1.82, 2.24) is 14.9 Å². The lowest BCUT2D eigenvalue weighted by Gasteiger charge is -2.32. The standard InChI is InChI=1S/C26H22FN3O/c27-22-12-10-18(11-13-22)24-8-3-9-25(29-24)20-6-4-14-30(17-20)26(31)21-15-19-5-1-2-7-23(19)28-16-21/h1-3,5,7-13,15-16,20H,4,6,14,17H2/t20-/m1/s1. The van der Waals surface area contributed by atoms with Crippen molar-refractivity contribution in [2.75, 3.05) is 13.1 Å². The molecule has 1 fully saturated rings. The summed E-state index contributed by atoms with van der Waals surface area (Å²) in [7, 11) is 0. The van der Waals surface area contributed by atoms with E-state index in [4.69, 9.17) is 4.98 Å². The lowest BCUT2D eigenvalue weighted by molar-refractivity contribution is 0.0705. The smallest absolute Gasteiger partial charge is 0.255 e. The summed E-state index contributed by atoms with van der Waals surface area (Å²) in [5, 5.41) is 0.968. The number of likely N-dealkylation sites (tertiary alicyclic amines) is 1. The number of carbonyl (C=O) groups is 1. The first-order valence-electron chi connectivity index (χ1n) is 10.5. The Labute approximate surface area is 180 Å². The number of fused-ring (bicyclic) bond motifs is 1. The topological polar surface area (TPSA) is 46.1 Å². The predicted octanol–water partition coefficient (Wildman–Crippen LogP) is 5.46. The fourth-order valence-corrected chi connectivity index (χ4v) is 4.23. The first-order chi connectivity index (χ1) is 15.2. The van der Waals surface area contributed by atoms with Gasteiger partial charge in [0.2, 0.25) is 0 Å². The van der Waals surface area contributed by atoms with Crippen LogP contribution in [-0.4, -0.2) is 33.9 Å². The summed E-state index contributed by atoms with van der Waals surface area (Å²) in [4.78, 5) is 24.3. The molecule has 1 saturated heterocycles. The molecule has 0 saturated carbocycles. The molecule has 0 aliphatic carbocycles. The Morgan fingerprint density at radius 1 is 1.00 bits per heavy atom. The van der Waals surface area contributed by atoms with Crippen molar-refractivity contribution in [1.29, 1.82) is 0 Å². The fraction of sp³-hybridized carbons (Fsp3) is 0.192. The van der Waals surface area contributed by atoms with Gasteiger partial charge in [0.25, 0.3) is 5.91 Å². The monoisotopic (exact) mass is 411 g/mol. The van der Waals surface area contributed by atoms with Crippen LogP contribution >= 0.6 is 0 Å². The third-order valence-electron chi connectivity index (χ3n) is 5.87. The summed E-state index contributed by atoms with van der Waals surface area (Å²) in [6.45, 7) is 1.37. The lowest BCUT2D eigenvalue weighted by Crippen LogP contribution is -2.39. The molecule has 0 N–H and O–H groups in total. The normalized spacial score (nSPS) is 16.4. The summed E-state index contributed by atoms with van der Waals surface area (Å²) >= 11 is 0. The number of rotatable bonds is 3. The van der Waals surface area contributed by atoms with Crippen LogP contribution in [0, 0.1) is 5.82 Å². The summed E-state index contributed by atoms with van der Waals surface area (Å²) < 4.78 is 13.3. The van der Waals surface area contributed by atoms with Gasteiger partial charge in [0.15, 0.2) is 0 Å². The van der Waals surface area contributed by atoms with E-state index in [0.717, 1.165) is 47.2 Å². The Morgan fingerprint density at radius 2 is 1.84 bits per heavy atom. The van der Waals surface area contributed by atoms with Gasteiger partial charge in [-0.3, -0.25) is 14.8 Å². The summed E-state index contributed by atoms with van der Waals surface area (Å²) in [5.41, 5.74) is 4.18. The average molecular weight is 411 g/mol. The quantitative estimate of drug-likeness (QED) is 0.450. The van der Waals surface area contributed by atoms with E-state index in [-0.39, 0.29) is 17.6 Å². The third kappa shape index (κ3) is 4.04. The van der Waals surface area contributed by atoms with Crippen molar-refractivity contribution in [2.45, 2.75) is 18.8 Å². The predicted molar refractivity (Wildman–Crippen MR) is 119 cm³/mol. The number of benzene rings is 2. The van der Waals surface area contributed by atoms with E-state index < -0.39 is 0 Å². The van der Waals surface area contributed by atoms with Crippen LogP contribution in [0.2, 0.25) is 0 Å². The van der Waals surface area contributed by atoms with Crippen LogP contribution in [0.15, 0.2) is 79.0 Å². The number of halogens is 1. The Balaban J connectivity index is 1.37. The number of aromatic nitrogens is 2.